The minimum Gasteiger partial charge on any atom is -0.507 e. The molecule has 0 aliphatic heterocycles. The van der Waals surface area contributed by atoms with Crippen LogP contribution in [0, 0.1) is 11.6 Å². The topological polar surface area (TPSA) is 104 Å². The first-order valence-electron chi connectivity index (χ1n) is 7.82. The standard InChI is InChI=1S/C19H13F2NO5S/c20-12-4-7-17(21)16(9-12)11-2-1-3-14(8-11)28(26,27)22-13-5-6-15(19(24)25)18(23)10-13/h1-10,22-23H,(H,24,25). The van der Waals surface area contributed by atoms with E-state index in [-0.39, 0.29) is 27.3 Å². The fourth-order valence-corrected chi connectivity index (χ4v) is 3.63. The van der Waals surface area contributed by atoms with Gasteiger partial charge in [0.15, 0.2) is 0 Å². The Kier molecular flexibility index (Phi) is 5.02. The first-order chi connectivity index (χ1) is 13.2. The van der Waals surface area contributed by atoms with Crippen molar-refractivity contribution in [2.45, 2.75) is 4.90 Å². The molecule has 0 fully saturated rings. The van der Waals surface area contributed by atoms with Crippen LogP contribution in [0.15, 0.2) is 65.6 Å². The highest BCUT2D eigenvalue weighted by Crippen LogP contribution is 2.28. The quantitative estimate of drug-likeness (QED) is 0.598. The van der Waals surface area contributed by atoms with Crippen molar-refractivity contribution in [3.63, 3.8) is 0 Å². The second-order valence-electron chi connectivity index (χ2n) is 5.79. The third kappa shape index (κ3) is 3.94. The molecule has 0 aliphatic rings. The number of hydrogen-bond acceptors (Lipinski definition) is 4. The van der Waals surface area contributed by atoms with E-state index in [1.54, 1.807) is 0 Å². The number of benzene rings is 3. The summed E-state index contributed by atoms with van der Waals surface area (Å²) in [5.74, 6) is -3.35. The van der Waals surface area contributed by atoms with E-state index in [4.69, 9.17) is 5.11 Å². The zero-order valence-electron chi connectivity index (χ0n) is 14.1. The fourth-order valence-electron chi connectivity index (χ4n) is 2.54. The van der Waals surface area contributed by atoms with Crippen molar-refractivity contribution in [1.82, 2.24) is 0 Å². The number of carbonyl (C=O) groups is 1. The first-order valence-corrected chi connectivity index (χ1v) is 9.30. The number of rotatable bonds is 5. The van der Waals surface area contributed by atoms with Gasteiger partial charge in [-0.25, -0.2) is 22.0 Å². The number of sulfonamides is 1. The van der Waals surface area contributed by atoms with Crippen molar-refractivity contribution in [2.75, 3.05) is 4.72 Å². The molecule has 0 atom stereocenters. The molecule has 0 aliphatic carbocycles. The average Bonchev–Trinajstić information content (AvgIpc) is 2.63. The van der Waals surface area contributed by atoms with Crippen molar-refractivity contribution in [3.05, 3.63) is 77.9 Å². The van der Waals surface area contributed by atoms with Gasteiger partial charge in [-0.1, -0.05) is 12.1 Å². The molecule has 0 spiro atoms. The van der Waals surface area contributed by atoms with Gasteiger partial charge in [0.2, 0.25) is 0 Å². The molecule has 3 aromatic rings. The van der Waals surface area contributed by atoms with Crippen molar-refractivity contribution >= 4 is 21.7 Å². The van der Waals surface area contributed by atoms with Gasteiger partial charge in [-0.2, -0.15) is 0 Å². The molecule has 0 aromatic heterocycles. The molecule has 0 saturated carbocycles. The molecule has 0 bridgehead atoms. The fraction of sp³-hybridized carbons (Fsp3) is 0. The smallest absolute Gasteiger partial charge is 0.339 e. The third-order valence-corrected chi connectivity index (χ3v) is 5.24. The Hall–Kier alpha value is -3.46. The normalized spacial score (nSPS) is 11.2. The van der Waals surface area contributed by atoms with Crippen molar-refractivity contribution in [3.8, 4) is 16.9 Å². The highest BCUT2D eigenvalue weighted by molar-refractivity contribution is 7.92. The number of carboxylic acid groups (broad SMARTS) is 1. The van der Waals surface area contributed by atoms with E-state index in [9.17, 15) is 27.1 Å². The molecule has 3 rings (SSSR count). The summed E-state index contributed by atoms with van der Waals surface area (Å²) in [7, 11) is -4.14. The molecule has 3 aromatic carbocycles. The summed E-state index contributed by atoms with van der Waals surface area (Å²) >= 11 is 0. The van der Waals surface area contributed by atoms with Gasteiger partial charge >= 0.3 is 5.97 Å². The Morgan fingerprint density at radius 3 is 2.39 bits per heavy atom. The maximum absolute atomic E-state index is 14.0. The van der Waals surface area contributed by atoms with E-state index < -0.39 is 33.4 Å². The predicted octanol–water partition coefficient (Wildman–Crippen LogP) is 3.84. The lowest BCUT2D eigenvalue weighted by Gasteiger charge is -2.11. The third-order valence-electron chi connectivity index (χ3n) is 3.86. The van der Waals surface area contributed by atoms with Gasteiger partial charge in [0.1, 0.15) is 22.9 Å². The molecule has 0 amide bonds. The van der Waals surface area contributed by atoms with E-state index in [2.05, 4.69) is 4.72 Å². The molecule has 6 nitrogen and oxygen atoms in total. The Balaban J connectivity index is 1.96. The number of carboxylic acids is 1. The first kappa shape index (κ1) is 19.3. The monoisotopic (exact) mass is 405 g/mol. The molecule has 144 valence electrons. The molecule has 3 N–H and O–H groups in total. The number of nitrogens with one attached hydrogen (secondary N) is 1. The van der Waals surface area contributed by atoms with Gasteiger partial charge in [0.25, 0.3) is 10.0 Å². The number of anilines is 1. The second-order valence-corrected chi connectivity index (χ2v) is 7.48. The van der Waals surface area contributed by atoms with E-state index in [1.807, 2.05) is 0 Å². The summed E-state index contributed by atoms with van der Waals surface area (Å²) in [6.45, 7) is 0. The highest BCUT2D eigenvalue weighted by Gasteiger charge is 2.18. The summed E-state index contributed by atoms with van der Waals surface area (Å²) in [5, 5.41) is 18.6. The lowest BCUT2D eigenvalue weighted by atomic mass is 10.1. The molecule has 0 heterocycles. The minimum absolute atomic E-state index is 0.0650. The molecule has 0 radical (unpaired) electrons. The molecular weight excluding hydrogens is 392 g/mol. The molecule has 0 saturated heterocycles. The van der Waals surface area contributed by atoms with Crippen molar-refractivity contribution < 1.29 is 32.2 Å². The summed E-state index contributed by atoms with van der Waals surface area (Å²) in [5.41, 5.74) is -0.388. The summed E-state index contributed by atoms with van der Waals surface area (Å²) in [4.78, 5) is 10.7. The van der Waals surface area contributed by atoms with Crippen LogP contribution in [0.2, 0.25) is 0 Å². The Labute approximate surface area is 158 Å². The Bertz CT molecular complexity index is 1180. The molecule has 0 unspecified atom stereocenters. The van der Waals surface area contributed by atoms with E-state index in [0.29, 0.717) is 0 Å². The van der Waals surface area contributed by atoms with Gasteiger partial charge in [-0.05, 0) is 48.0 Å². The van der Waals surface area contributed by atoms with Crippen LogP contribution in [-0.4, -0.2) is 24.6 Å². The largest absolute Gasteiger partial charge is 0.507 e. The number of halogens is 2. The Morgan fingerprint density at radius 2 is 1.71 bits per heavy atom. The van der Waals surface area contributed by atoms with Crippen LogP contribution in [0.25, 0.3) is 11.1 Å². The van der Waals surface area contributed by atoms with Crippen LogP contribution in [-0.2, 0) is 10.0 Å². The van der Waals surface area contributed by atoms with E-state index >= 15 is 0 Å². The molecule has 9 heteroatoms. The van der Waals surface area contributed by atoms with E-state index in [0.717, 1.165) is 30.3 Å². The lowest BCUT2D eigenvalue weighted by molar-refractivity contribution is 0.0693. The summed E-state index contributed by atoms with van der Waals surface area (Å²) in [6.07, 6.45) is 0. The van der Waals surface area contributed by atoms with Crippen molar-refractivity contribution in [2.24, 2.45) is 0 Å². The van der Waals surface area contributed by atoms with Gasteiger partial charge in [-0.3, -0.25) is 4.72 Å². The van der Waals surface area contributed by atoms with Crippen LogP contribution >= 0.6 is 0 Å². The maximum atomic E-state index is 14.0. The number of aromatic carboxylic acids is 1. The van der Waals surface area contributed by atoms with Crippen LogP contribution in [0.4, 0.5) is 14.5 Å². The zero-order valence-corrected chi connectivity index (χ0v) is 14.9. The molecular formula is C19H13F2NO5S. The predicted molar refractivity (Wildman–Crippen MR) is 97.7 cm³/mol. The van der Waals surface area contributed by atoms with Crippen LogP contribution < -0.4 is 4.72 Å². The van der Waals surface area contributed by atoms with Gasteiger partial charge in [0, 0.05) is 11.6 Å². The number of phenols is 1. The van der Waals surface area contributed by atoms with Gasteiger partial charge < -0.3 is 10.2 Å². The second kappa shape index (κ2) is 7.28. The SMILES string of the molecule is O=C(O)c1ccc(NS(=O)(=O)c2cccc(-c3cc(F)ccc3F)c2)cc1O. The van der Waals surface area contributed by atoms with Crippen LogP contribution in [0.3, 0.4) is 0 Å². The Morgan fingerprint density at radius 1 is 0.964 bits per heavy atom. The maximum Gasteiger partial charge on any atom is 0.339 e. The van der Waals surface area contributed by atoms with E-state index in [1.165, 1.54) is 30.3 Å². The number of hydrogen-bond donors (Lipinski definition) is 3. The highest BCUT2D eigenvalue weighted by atomic mass is 32.2. The average molecular weight is 405 g/mol. The van der Waals surface area contributed by atoms with Crippen LogP contribution in [0.1, 0.15) is 10.4 Å². The minimum atomic E-state index is -4.14. The zero-order chi connectivity index (χ0) is 20.5. The lowest BCUT2D eigenvalue weighted by Crippen LogP contribution is -2.13. The summed E-state index contributed by atoms with van der Waals surface area (Å²) < 4.78 is 54.8. The summed E-state index contributed by atoms with van der Waals surface area (Å²) in [6, 6.07) is 11.3. The van der Waals surface area contributed by atoms with Crippen molar-refractivity contribution in [1.29, 1.82) is 0 Å². The van der Waals surface area contributed by atoms with Crippen LogP contribution in [0.5, 0.6) is 5.75 Å². The molecule has 28 heavy (non-hydrogen) atoms. The van der Waals surface area contributed by atoms with Gasteiger partial charge in [0.05, 0.1) is 10.6 Å². The number of aromatic hydroxyl groups is 1. The van der Waals surface area contributed by atoms with Gasteiger partial charge in [-0.15, -0.1) is 0 Å².